The van der Waals surface area contributed by atoms with Crippen molar-refractivity contribution in [2.75, 3.05) is 18.5 Å². The van der Waals surface area contributed by atoms with Gasteiger partial charge >= 0.3 is 0 Å². The highest BCUT2D eigenvalue weighted by molar-refractivity contribution is 5.95. The van der Waals surface area contributed by atoms with Crippen molar-refractivity contribution < 1.29 is 14.3 Å². The van der Waals surface area contributed by atoms with Gasteiger partial charge in [0.05, 0.1) is 18.8 Å². The molecule has 0 saturated carbocycles. The Morgan fingerprint density at radius 1 is 1.40 bits per heavy atom. The molecule has 20 heavy (non-hydrogen) atoms. The summed E-state index contributed by atoms with van der Waals surface area (Å²) in [6.07, 6.45) is 0.0205. The molecule has 1 saturated heterocycles. The van der Waals surface area contributed by atoms with Gasteiger partial charge in [0.2, 0.25) is 5.91 Å². The molecule has 1 aromatic carbocycles. The Kier molecular flexibility index (Phi) is 4.98. The summed E-state index contributed by atoms with van der Waals surface area (Å²) in [5.74, 6) is 0.722. The van der Waals surface area contributed by atoms with Crippen LogP contribution in [0.25, 0.3) is 0 Å². The first-order chi connectivity index (χ1) is 9.56. The molecule has 0 unspecified atom stereocenters. The lowest BCUT2D eigenvalue weighted by atomic mass is 10.1. The average molecular weight is 278 g/mol. The lowest BCUT2D eigenvalue weighted by Crippen LogP contribution is -2.53. The van der Waals surface area contributed by atoms with E-state index in [4.69, 9.17) is 9.47 Å². The topological polar surface area (TPSA) is 59.6 Å². The first kappa shape index (κ1) is 14.8. The summed E-state index contributed by atoms with van der Waals surface area (Å²) in [6.45, 7) is 7.20. The van der Waals surface area contributed by atoms with Gasteiger partial charge in [-0.25, -0.2) is 0 Å². The van der Waals surface area contributed by atoms with Crippen LogP contribution >= 0.6 is 0 Å². The number of ether oxygens (including phenoxy) is 2. The minimum atomic E-state index is -0.310. The summed E-state index contributed by atoms with van der Waals surface area (Å²) in [4.78, 5) is 12.2. The molecule has 110 valence electrons. The molecule has 0 spiro atoms. The molecule has 0 radical (unpaired) electrons. The zero-order valence-electron chi connectivity index (χ0n) is 12.2. The molecule has 0 bridgehead atoms. The quantitative estimate of drug-likeness (QED) is 0.881. The maximum Gasteiger partial charge on any atom is 0.244 e. The van der Waals surface area contributed by atoms with Crippen LogP contribution in [-0.4, -0.2) is 37.3 Å². The zero-order chi connectivity index (χ0) is 14.5. The second-order valence-electron chi connectivity index (χ2n) is 5.19. The smallest absolute Gasteiger partial charge is 0.244 e. The van der Waals surface area contributed by atoms with Crippen LogP contribution in [0, 0.1) is 0 Å². The van der Waals surface area contributed by atoms with E-state index in [1.165, 1.54) is 0 Å². The number of rotatable bonds is 4. The maximum absolute atomic E-state index is 12.2. The van der Waals surface area contributed by atoms with E-state index in [1.807, 2.05) is 45.0 Å². The van der Waals surface area contributed by atoms with Gasteiger partial charge in [-0.3, -0.25) is 4.79 Å². The van der Waals surface area contributed by atoms with Crippen molar-refractivity contribution in [1.82, 2.24) is 5.32 Å². The van der Waals surface area contributed by atoms with E-state index in [9.17, 15) is 4.79 Å². The Balaban J connectivity index is 1.93. The van der Waals surface area contributed by atoms with Crippen LogP contribution in [0.1, 0.15) is 20.8 Å². The summed E-state index contributed by atoms with van der Waals surface area (Å²) < 4.78 is 11.0. The van der Waals surface area contributed by atoms with E-state index < -0.39 is 0 Å². The van der Waals surface area contributed by atoms with Crippen LogP contribution < -0.4 is 15.4 Å². The van der Waals surface area contributed by atoms with Gasteiger partial charge in [0.25, 0.3) is 0 Å². The fourth-order valence-corrected chi connectivity index (χ4v) is 2.14. The number of hydrogen-bond acceptors (Lipinski definition) is 4. The fourth-order valence-electron chi connectivity index (χ4n) is 2.14. The van der Waals surface area contributed by atoms with Crippen LogP contribution in [0.15, 0.2) is 24.3 Å². The summed E-state index contributed by atoms with van der Waals surface area (Å²) in [5.41, 5.74) is 0.755. The standard InChI is InChI=1S/C15H22N2O3/c1-10(2)20-13-6-4-12(5-7-13)17-15(18)14-11(3)19-9-8-16-14/h4-7,10-11,14,16H,8-9H2,1-3H3,(H,17,18)/t11-,14+/m1/s1. The lowest BCUT2D eigenvalue weighted by Gasteiger charge is -2.29. The predicted octanol–water partition coefficient (Wildman–Crippen LogP) is 1.79. The van der Waals surface area contributed by atoms with Gasteiger partial charge in [0.1, 0.15) is 11.8 Å². The van der Waals surface area contributed by atoms with E-state index in [2.05, 4.69) is 10.6 Å². The van der Waals surface area contributed by atoms with Crippen LogP contribution in [0.4, 0.5) is 5.69 Å². The largest absolute Gasteiger partial charge is 0.491 e. The molecule has 1 fully saturated rings. The molecule has 1 aliphatic heterocycles. The molecule has 2 atom stereocenters. The Bertz CT molecular complexity index is 445. The second-order valence-corrected chi connectivity index (χ2v) is 5.19. The molecule has 1 amide bonds. The molecule has 0 aliphatic carbocycles. The predicted molar refractivity (Wildman–Crippen MR) is 78.0 cm³/mol. The third kappa shape index (κ3) is 3.95. The van der Waals surface area contributed by atoms with E-state index in [0.717, 1.165) is 11.4 Å². The normalized spacial score (nSPS) is 22.6. The van der Waals surface area contributed by atoms with Crippen molar-refractivity contribution in [2.45, 2.75) is 39.0 Å². The van der Waals surface area contributed by atoms with Crippen LogP contribution in [0.3, 0.4) is 0 Å². The Morgan fingerprint density at radius 3 is 2.70 bits per heavy atom. The van der Waals surface area contributed by atoms with Crippen LogP contribution in [0.5, 0.6) is 5.75 Å². The van der Waals surface area contributed by atoms with Gasteiger partial charge in [-0.1, -0.05) is 0 Å². The summed E-state index contributed by atoms with van der Waals surface area (Å²) in [7, 11) is 0. The molecular weight excluding hydrogens is 256 g/mol. The highest BCUT2D eigenvalue weighted by Gasteiger charge is 2.28. The van der Waals surface area contributed by atoms with Crippen molar-refractivity contribution in [3.8, 4) is 5.75 Å². The number of carbonyl (C=O) groups is 1. The maximum atomic E-state index is 12.2. The third-order valence-corrected chi connectivity index (χ3v) is 3.09. The Labute approximate surface area is 119 Å². The number of anilines is 1. The Morgan fingerprint density at radius 2 is 2.10 bits per heavy atom. The second kappa shape index (κ2) is 6.72. The van der Waals surface area contributed by atoms with Crippen molar-refractivity contribution in [2.24, 2.45) is 0 Å². The monoisotopic (exact) mass is 278 g/mol. The van der Waals surface area contributed by atoms with E-state index in [1.54, 1.807) is 0 Å². The van der Waals surface area contributed by atoms with Crippen LogP contribution in [-0.2, 0) is 9.53 Å². The number of benzene rings is 1. The zero-order valence-corrected chi connectivity index (χ0v) is 12.2. The molecule has 0 aromatic heterocycles. The SMILES string of the molecule is CC(C)Oc1ccc(NC(=O)[C@H]2NCCO[C@@H]2C)cc1. The van der Waals surface area contributed by atoms with E-state index in [-0.39, 0.29) is 24.2 Å². The van der Waals surface area contributed by atoms with Gasteiger partial charge < -0.3 is 20.1 Å². The fraction of sp³-hybridized carbons (Fsp3) is 0.533. The van der Waals surface area contributed by atoms with Crippen molar-refractivity contribution >= 4 is 11.6 Å². The molecule has 1 aliphatic rings. The van der Waals surface area contributed by atoms with Crippen molar-refractivity contribution in [3.63, 3.8) is 0 Å². The lowest BCUT2D eigenvalue weighted by molar-refractivity contribution is -0.123. The number of amides is 1. The van der Waals surface area contributed by atoms with Gasteiger partial charge in [-0.15, -0.1) is 0 Å². The average Bonchev–Trinajstić information content (AvgIpc) is 2.41. The highest BCUT2D eigenvalue weighted by atomic mass is 16.5. The summed E-state index contributed by atoms with van der Waals surface area (Å²) in [6, 6.07) is 7.07. The first-order valence-electron chi connectivity index (χ1n) is 6.99. The van der Waals surface area contributed by atoms with E-state index >= 15 is 0 Å². The molecule has 2 N–H and O–H groups in total. The highest BCUT2D eigenvalue weighted by Crippen LogP contribution is 2.17. The molecule has 5 nitrogen and oxygen atoms in total. The summed E-state index contributed by atoms with van der Waals surface area (Å²) in [5, 5.41) is 6.05. The molecule has 2 rings (SSSR count). The molecule has 1 aromatic rings. The number of carbonyl (C=O) groups excluding carboxylic acids is 1. The number of nitrogens with one attached hydrogen (secondary N) is 2. The van der Waals surface area contributed by atoms with Gasteiger partial charge in [-0.05, 0) is 45.0 Å². The molecule has 5 heteroatoms. The van der Waals surface area contributed by atoms with Gasteiger partial charge in [0.15, 0.2) is 0 Å². The van der Waals surface area contributed by atoms with Gasteiger partial charge in [0, 0.05) is 12.2 Å². The first-order valence-corrected chi connectivity index (χ1v) is 6.99. The number of morpholine rings is 1. The molecule has 1 heterocycles. The minimum absolute atomic E-state index is 0.0743. The van der Waals surface area contributed by atoms with Crippen molar-refractivity contribution in [1.29, 1.82) is 0 Å². The number of hydrogen-bond donors (Lipinski definition) is 2. The minimum Gasteiger partial charge on any atom is -0.491 e. The van der Waals surface area contributed by atoms with E-state index in [0.29, 0.717) is 13.2 Å². The summed E-state index contributed by atoms with van der Waals surface area (Å²) >= 11 is 0. The van der Waals surface area contributed by atoms with Crippen molar-refractivity contribution in [3.05, 3.63) is 24.3 Å². The van der Waals surface area contributed by atoms with Gasteiger partial charge in [-0.2, -0.15) is 0 Å². The third-order valence-electron chi connectivity index (χ3n) is 3.09. The Hall–Kier alpha value is -1.59. The van der Waals surface area contributed by atoms with Crippen LogP contribution in [0.2, 0.25) is 0 Å². The molecular formula is C15H22N2O3.